The fourth-order valence-corrected chi connectivity index (χ4v) is 2.58. The SMILES string of the molecule is CCC(C)c1ccc(C(Cl)c2cc(C)ccc2F)cc1. The summed E-state index contributed by atoms with van der Waals surface area (Å²) in [4.78, 5) is 0. The number of hydrogen-bond donors (Lipinski definition) is 0. The number of aryl methyl sites for hydroxylation is 1. The fourth-order valence-electron chi connectivity index (χ4n) is 2.27. The molecule has 0 saturated heterocycles. The molecular weight excluding hydrogens is 271 g/mol. The molecule has 0 saturated carbocycles. The molecule has 0 radical (unpaired) electrons. The smallest absolute Gasteiger partial charge is 0.128 e. The molecule has 0 nitrogen and oxygen atoms in total. The lowest BCUT2D eigenvalue weighted by Crippen LogP contribution is -1.99. The molecule has 2 aromatic rings. The van der Waals surface area contributed by atoms with E-state index in [2.05, 4.69) is 26.0 Å². The molecule has 0 aliphatic carbocycles. The highest BCUT2D eigenvalue weighted by molar-refractivity contribution is 6.22. The Hall–Kier alpha value is -1.34. The molecule has 0 aliphatic rings. The van der Waals surface area contributed by atoms with Gasteiger partial charge >= 0.3 is 0 Å². The van der Waals surface area contributed by atoms with Crippen LogP contribution in [0.3, 0.4) is 0 Å². The van der Waals surface area contributed by atoms with Crippen molar-refractivity contribution in [3.8, 4) is 0 Å². The van der Waals surface area contributed by atoms with Gasteiger partial charge in [0, 0.05) is 5.56 Å². The third-order valence-electron chi connectivity index (χ3n) is 3.84. The summed E-state index contributed by atoms with van der Waals surface area (Å²) >= 11 is 6.43. The van der Waals surface area contributed by atoms with E-state index in [-0.39, 0.29) is 5.82 Å². The maximum Gasteiger partial charge on any atom is 0.128 e. The summed E-state index contributed by atoms with van der Waals surface area (Å²) < 4.78 is 13.9. The van der Waals surface area contributed by atoms with Crippen molar-refractivity contribution in [2.75, 3.05) is 0 Å². The largest absolute Gasteiger partial charge is 0.207 e. The maximum absolute atomic E-state index is 13.9. The molecule has 20 heavy (non-hydrogen) atoms. The monoisotopic (exact) mass is 290 g/mol. The zero-order valence-corrected chi connectivity index (χ0v) is 12.9. The van der Waals surface area contributed by atoms with E-state index >= 15 is 0 Å². The Morgan fingerprint density at radius 2 is 1.65 bits per heavy atom. The molecular formula is C18H20ClF. The molecule has 0 aromatic heterocycles. The average Bonchev–Trinajstić information content (AvgIpc) is 2.48. The Morgan fingerprint density at radius 1 is 1.05 bits per heavy atom. The van der Waals surface area contributed by atoms with Crippen LogP contribution >= 0.6 is 11.6 Å². The van der Waals surface area contributed by atoms with Gasteiger partial charge in [0.15, 0.2) is 0 Å². The Balaban J connectivity index is 2.29. The zero-order chi connectivity index (χ0) is 14.7. The average molecular weight is 291 g/mol. The van der Waals surface area contributed by atoms with E-state index in [0.717, 1.165) is 17.5 Å². The minimum Gasteiger partial charge on any atom is -0.207 e. The molecule has 2 rings (SSSR count). The van der Waals surface area contributed by atoms with Gasteiger partial charge in [0.05, 0.1) is 5.38 Å². The van der Waals surface area contributed by atoms with Gasteiger partial charge in [0.1, 0.15) is 5.82 Å². The van der Waals surface area contributed by atoms with Crippen molar-refractivity contribution in [1.82, 2.24) is 0 Å². The topological polar surface area (TPSA) is 0 Å². The van der Waals surface area contributed by atoms with Crippen LogP contribution < -0.4 is 0 Å². The zero-order valence-electron chi connectivity index (χ0n) is 12.2. The molecule has 0 N–H and O–H groups in total. The van der Waals surface area contributed by atoms with E-state index in [4.69, 9.17) is 11.6 Å². The highest BCUT2D eigenvalue weighted by atomic mass is 35.5. The molecule has 0 bridgehead atoms. The van der Waals surface area contributed by atoms with Gasteiger partial charge in [0.25, 0.3) is 0 Å². The molecule has 2 heteroatoms. The van der Waals surface area contributed by atoms with Gasteiger partial charge in [-0.2, -0.15) is 0 Å². The normalized spacial score (nSPS) is 14.1. The number of benzene rings is 2. The van der Waals surface area contributed by atoms with Crippen LogP contribution in [0.15, 0.2) is 42.5 Å². The van der Waals surface area contributed by atoms with E-state index < -0.39 is 5.38 Å². The lowest BCUT2D eigenvalue weighted by atomic mass is 9.95. The van der Waals surface area contributed by atoms with Gasteiger partial charge in [-0.15, -0.1) is 11.6 Å². The Labute approximate surface area is 125 Å². The molecule has 0 spiro atoms. The van der Waals surface area contributed by atoms with Gasteiger partial charge in [-0.3, -0.25) is 0 Å². The Morgan fingerprint density at radius 3 is 2.25 bits per heavy atom. The molecule has 0 amide bonds. The van der Waals surface area contributed by atoms with Gasteiger partial charge in [-0.1, -0.05) is 55.8 Å². The van der Waals surface area contributed by atoms with E-state index in [1.807, 2.05) is 25.1 Å². The third kappa shape index (κ3) is 3.21. The number of halogens is 2. The predicted octanol–water partition coefficient (Wildman–Crippen LogP) is 5.98. The van der Waals surface area contributed by atoms with E-state index in [1.54, 1.807) is 6.07 Å². The summed E-state index contributed by atoms with van der Waals surface area (Å²) in [6.07, 6.45) is 1.11. The summed E-state index contributed by atoms with van der Waals surface area (Å²) in [6, 6.07) is 13.2. The summed E-state index contributed by atoms with van der Waals surface area (Å²) in [5, 5.41) is -0.444. The molecule has 0 heterocycles. The third-order valence-corrected chi connectivity index (χ3v) is 4.32. The quantitative estimate of drug-likeness (QED) is 0.608. The van der Waals surface area contributed by atoms with Crippen molar-refractivity contribution >= 4 is 11.6 Å². The fraction of sp³-hybridized carbons (Fsp3) is 0.333. The summed E-state index contributed by atoms with van der Waals surface area (Å²) in [6.45, 7) is 6.32. The van der Waals surface area contributed by atoms with Crippen LogP contribution in [0.25, 0.3) is 0 Å². The van der Waals surface area contributed by atoms with Crippen LogP contribution in [0, 0.1) is 12.7 Å². The second kappa shape index (κ2) is 6.41. The second-order valence-corrected chi connectivity index (χ2v) is 5.80. The van der Waals surface area contributed by atoms with Crippen LogP contribution in [0.2, 0.25) is 0 Å². The summed E-state index contributed by atoms with van der Waals surface area (Å²) in [5.74, 6) is 0.287. The summed E-state index contributed by atoms with van der Waals surface area (Å²) in [7, 11) is 0. The maximum atomic E-state index is 13.9. The minimum absolute atomic E-state index is 0.249. The van der Waals surface area contributed by atoms with Crippen LogP contribution in [0.4, 0.5) is 4.39 Å². The van der Waals surface area contributed by atoms with Crippen molar-refractivity contribution in [2.24, 2.45) is 0 Å². The van der Waals surface area contributed by atoms with Crippen LogP contribution in [0.5, 0.6) is 0 Å². The Bertz CT molecular complexity index is 574. The van der Waals surface area contributed by atoms with Gasteiger partial charge in [-0.05, 0) is 36.5 Å². The highest BCUT2D eigenvalue weighted by Crippen LogP contribution is 2.32. The highest BCUT2D eigenvalue weighted by Gasteiger charge is 2.15. The van der Waals surface area contributed by atoms with Crippen molar-refractivity contribution in [2.45, 2.75) is 38.5 Å². The van der Waals surface area contributed by atoms with Gasteiger partial charge in [0.2, 0.25) is 0 Å². The lowest BCUT2D eigenvalue weighted by molar-refractivity contribution is 0.611. The number of alkyl halides is 1. The molecule has 0 fully saturated rings. The first-order valence-corrected chi connectivity index (χ1v) is 7.46. The number of hydrogen-bond acceptors (Lipinski definition) is 0. The first-order valence-electron chi connectivity index (χ1n) is 7.03. The Kier molecular flexibility index (Phi) is 4.82. The van der Waals surface area contributed by atoms with Crippen LogP contribution in [0.1, 0.15) is 53.8 Å². The molecule has 2 atom stereocenters. The molecule has 2 aromatic carbocycles. The van der Waals surface area contributed by atoms with Crippen molar-refractivity contribution in [3.63, 3.8) is 0 Å². The van der Waals surface area contributed by atoms with Crippen molar-refractivity contribution in [1.29, 1.82) is 0 Å². The first-order chi connectivity index (χ1) is 9.52. The van der Waals surface area contributed by atoms with Crippen LogP contribution in [-0.2, 0) is 0 Å². The van der Waals surface area contributed by atoms with E-state index in [1.165, 1.54) is 11.6 Å². The van der Waals surface area contributed by atoms with Gasteiger partial charge in [-0.25, -0.2) is 4.39 Å². The second-order valence-electron chi connectivity index (χ2n) is 5.36. The molecule has 2 unspecified atom stereocenters. The lowest BCUT2D eigenvalue weighted by Gasteiger charge is -2.14. The predicted molar refractivity (Wildman–Crippen MR) is 84.0 cm³/mol. The van der Waals surface area contributed by atoms with E-state index in [0.29, 0.717) is 11.5 Å². The first kappa shape index (κ1) is 15.1. The number of rotatable bonds is 4. The van der Waals surface area contributed by atoms with Crippen molar-refractivity contribution < 1.29 is 4.39 Å². The van der Waals surface area contributed by atoms with Crippen molar-refractivity contribution in [3.05, 3.63) is 70.5 Å². The summed E-state index contributed by atoms with van der Waals surface area (Å²) in [5.41, 5.74) is 3.79. The standard InChI is InChI=1S/C18H20ClF/c1-4-13(3)14-6-8-15(9-7-14)18(19)16-11-12(2)5-10-17(16)20/h5-11,13,18H,4H2,1-3H3. The minimum atomic E-state index is -0.444. The van der Waals surface area contributed by atoms with Crippen LogP contribution in [-0.4, -0.2) is 0 Å². The molecule has 106 valence electrons. The molecule has 0 aliphatic heterocycles. The van der Waals surface area contributed by atoms with Gasteiger partial charge < -0.3 is 0 Å². The van der Waals surface area contributed by atoms with E-state index in [9.17, 15) is 4.39 Å².